The van der Waals surface area contributed by atoms with Gasteiger partial charge in [0, 0.05) is 5.69 Å². The van der Waals surface area contributed by atoms with Crippen LogP contribution < -0.4 is 10.5 Å². The topological polar surface area (TPSA) is 98.0 Å². The Morgan fingerprint density at radius 3 is 2.37 bits per heavy atom. The van der Waals surface area contributed by atoms with Gasteiger partial charge < -0.3 is 5.73 Å². The van der Waals surface area contributed by atoms with Crippen molar-refractivity contribution in [2.75, 3.05) is 10.5 Å². The van der Waals surface area contributed by atoms with Gasteiger partial charge in [-0.05, 0) is 38.1 Å². The van der Waals surface area contributed by atoms with Gasteiger partial charge in [0.05, 0.1) is 22.5 Å². The second kappa shape index (κ2) is 4.85. The largest absolute Gasteiger partial charge is 0.399 e. The lowest BCUT2D eigenvalue weighted by Gasteiger charge is -2.10. The standard InChI is InChI=1S/C12H14N4O2S/c1-8-12(7-14-9(2)15-8)16-19(17,18)11-5-3-10(13)4-6-11/h3-7,16H,13H2,1-2H3. The molecule has 0 unspecified atom stereocenters. The minimum atomic E-state index is -3.65. The normalized spacial score (nSPS) is 11.3. The van der Waals surface area contributed by atoms with Gasteiger partial charge >= 0.3 is 0 Å². The summed E-state index contributed by atoms with van der Waals surface area (Å²) in [7, 11) is -3.65. The van der Waals surface area contributed by atoms with Crippen molar-refractivity contribution in [3.05, 3.63) is 42.0 Å². The highest BCUT2D eigenvalue weighted by Crippen LogP contribution is 2.18. The first-order chi connectivity index (χ1) is 8.88. The van der Waals surface area contributed by atoms with Crippen LogP contribution in [0.15, 0.2) is 35.4 Å². The molecule has 19 heavy (non-hydrogen) atoms. The molecule has 0 saturated carbocycles. The summed E-state index contributed by atoms with van der Waals surface area (Å²) in [5.74, 6) is 0.591. The molecule has 0 amide bonds. The molecule has 1 heterocycles. The quantitative estimate of drug-likeness (QED) is 0.829. The Labute approximate surface area is 111 Å². The number of hydrogen-bond acceptors (Lipinski definition) is 5. The lowest BCUT2D eigenvalue weighted by atomic mass is 10.3. The summed E-state index contributed by atoms with van der Waals surface area (Å²) in [6, 6.07) is 5.96. The van der Waals surface area contributed by atoms with Gasteiger partial charge in [0.2, 0.25) is 0 Å². The molecule has 0 fully saturated rings. The van der Waals surface area contributed by atoms with Crippen molar-refractivity contribution in [2.24, 2.45) is 0 Å². The molecule has 7 heteroatoms. The Morgan fingerprint density at radius 1 is 1.16 bits per heavy atom. The van der Waals surface area contributed by atoms with Gasteiger partial charge in [-0.1, -0.05) is 0 Å². The molecule has 0 bridgehead atoms. The lowest BCUT2D eigenvalue weighted by Crippen LogP contribution is -2.14. The van der Waals surface area contributed by atoms with E-state index >= 15 is 0 Å². The van der Waals surface area contributed by atoms with Gasteiger partial charge in [-0.3, -0.25) is 4.72 Å². The van der Waals surface area contributed by atoms with Gasteiger partial charge in [-0.2, -0.15) is 0 Å². The molecule has 0 radical (unpaired) electrons. The average Bonchev–Trinajstić information content (AvgIpc) is 2.33. The average molecular weight is 278 g/mol. The van der Waals surface area contributed by atoms with E-state index < -0.39 is 10.0 Å². The van der Waals surface area contributed by atoms with E-state index in [-0.39, 0.29) is 4.90 Å². The fourth-order valence-electron chi connectivity index (χ4n) is 1.53. The molecule has 1 aromatic carbocycles. The SMILES string of the molecule is Cc1ncc(NS(=O)(=O)c2ccc(N)cc2)c(C)n1. The van der Waals surface area contributed by atoms with Crippen molar-refractivity contribution in [3.63, 3.8) is 0 Å². The molecule has 2 rings (SSSR count). The molecule has 0 saturated heterocycles. The van der Waals surface area contributed by atoms with Crippen LogP contribution in [0.4, 0.5) is 11.4 Å². The number of anilines is 2. The van der Waals surface area contributed by atoms with Gasteiger partial charge in [-0.15, -0.1) is 0 Å². The zero-order valence-electron chi connectivity index (χ0n) is 10.6. The molecule has 0 spiro atoms. The third kappa shape index (κ3) is 3.00. The maximum Gasteiger partial charge on any atom is 0.262 e. The van der Waals surface area contributed by atoms with Crippen molar-refractivity contribution in [1.29, 1.82) is 0 Å². The molecule has 2 aromatic rings. The summed E-state index contributed by atoms with van der Waals surface area (Å²) in [6.07, 6.45) is 1.45. The first-order valence-electron chi connectivity index (χ1n) is 5.57. The molecule has 0 aliphatic carbocycles. The Bertz CT molecular complexity index is 696. The van der Waals surface area contributed by atoms with Gasteiger partial charge in [0.1, 0.15) is 5.82 Å². The van der Waals surface area contributed by atoms with E-state index in [0.717, 1.165) is 0 Å². The minimum absolute atomic E-state index is 0.140. The van der Waals surface area contributed by atoms with E-state index in [1.807, 2.05) is 0 Å². The second-order valence-corrected chi connectivity index (χ2v) is 5.77. The van der Waals surface area contributed by atoms with Crippen LogP contribution in [0.25, 0.3) is 0 Å². The zero-order valence-corrected chi connectivity index (χ0v) is 11.4. The molecule has 0 aliphatic heterocycles. The van der Waals surface area contributed by atoms with Crippen molar-refractivity contribution in [2.45, 2.75) is 18.7 Å². The molecule has 0 atom stereocenters. The highest BCUT2D eigenvalue weighted by Gasteiger charge is 2.15. The molecule has 1 aromatic heterocycles. The number of aromatic nitrogens is 2. The van der Waals surface area contributed by atoms with Crippen LogP contribution in [0.5, 0.6) is 0 Å². The van der Waals surface area contributed by atoms with E-state index in [1.165, 1.54) is 30.5 Å². The zero-order chi connectivity index (χ0) is 14.0. The summed E-state index contributed by atoms with van der Waals surface area (Å²) in [4.78, 5) is 8.22. The molecule has 6 nitrogen and oxygen atoms in total. The predicted molar refractivity (Wildman–Crippen MR) is 73.2 cm³/mol. The lowest BCUT2D eigenvalue weighted by molar-refractivity contribution is 0.601. The maximum atomic E-state index is 12.1. The van der Waals surface area contributed by atoms with E-state index in [0.29, 0.717) is 22.9 Å². The van der Waals surface area contributed by atoms with Crippen LogP contribution in [-0.2, 0) is 10.0 Å². The number of hydrogen-bond donors (Lipinski definition) is 2. The van der Waals surface area contributed by atoms with Crippen molar-refractivity contribution >= 4 is 21.4 Å². The van der Waals surface area contributed by atoms with Crippen LogP contribution in [0.1, 0.15) is 11.5 Å². The monoisotopic (exact) mass is 278 g/mol. The van der Waals surface area contributed by atoms with E-state index in [1.54, 1.807) is 13.8 Å². The van der Waals surface area contributed by atoms with Crippen LogP contribution in [0, 0.1) is 13.8 Å². The second-order valence-electron chi connectivity index (χ2n) is 4.09. The maximum absolute atomic E-state index is 12.1. The number of nitrogens with zero attached hydrogens (tertiary/aromatic N) is 2. The van der Waals surface area contributed by atoms with Crippen molar-refractivity contribution in [1.82, 2.24) is 9.97 Å². The smallest absolute Gasteiger partial charge is 0.262 e. The van der Waals surface area contributed by atoms with Crippen LogP contribution in [0.2, 0.25) is 0 Å². The molecular weight excluding hydrogens is 264 g/mol. The van der Waals surface area contributed by atoms with Crippen molar-refractivity contribution in [3.8, 4) is 0 Å². The summed E-state index contributed by atoms with van der Waals surface area (Å²) < 4.78 is 26.7. The fourth-order valence-corrected chi connectivity index (χ4v) is 2.64. The summed E-state index contributed by atoms with van der Waals surface area (Å²) in [5.41, 5.74) is 6.98. The molecular formula is C12H14N4O2S. The van der Waals surface area contributed by atoms with Crippen LogP contribution in [-0.4, -0.2) is 18.4 Å². The summed E-state index contributed by atoms with van der Waals surface area (Å²) in [5, 5.41) is 0. The van der Waals surface area contributed by atoms with Crippen molar-refractivity contribution < 1.29 is 8.42 Å². The van der Waals surface area contributed by atoms with Gasteiger partial charge in [-0.25, -0.2) is 18.4 Å². The number of sulfonamides is 1. The Hall–Kier alpha value is -2.15. The number of nitrogens with one attached hydrogen (secondary N) is 1. The van der Waals surface area contributed by atoms with Crippen LogP contribution >= 0.6 is 0 Å². The summed E-state index contributed by atoms with van der Waals surface area (Å²) >= 11 is 0. The number of aryl methyl sites for hydroxylation is 2. The Kier molecular flexibility index (Phi) is 3.39. The number of nitrogen functional groups attached to an aromatic ring is 1. The van der Waals surface area contributed by atoms with Gasteiger partial charge in [0.15, 0.2) is 0 Å². The minimum Gasteiger partial charge on any atom is -0.399 e. The number of benzene rings is 1. The van der Waals surface area contributed by atoms with E-state index in [4.69, 9.17) is 5.73 Å². The Morgan fingerprint density at radius 2 is 1.79 bits per heavy atom. The van der Waals surface area contributed by atoms with Gasteiger partial charge in [0.25, 0.3) is 10.0 Å². The summed E-state index contributed by atoms with van der Waals surface area (Å²) in [6.45, 7) is 3.46. The van der Waals surface area contributed by atoms with Crippen LogP contribution in [0.3, 0.4) is 0 Å². The van der Waals surface area contributed by atoms with E-state index in [2.05, 4.69) is 14.7 Å². The predicted octanol–water partition coefficient (Wildman–Crippen LogP) is 1.48. The Balaban J connectivity index is 2.33. The molecule has 100 valence electrons. The fraction of sp³-hybridized carbons (Fsp3) is 0.167. The highest BCUT2D eigenvalue weighted by atomic mass is 32.2. The molecule has 3 N–H and O–H groups in total. The number of nitrogens with two attached hydrogens (primary N) is 1. The third-order valence-electron chi connectivity index (χ3n) is 2.53. The first kappa shape index (κ1) is 13.3. The molecule has 0 aliphatic rings. The first-order valence-corrected chi connectivity index (χ1v) is 7.05. The number of rotatable bonds is 3. The third-order valence-corrected chi connectivity index (χ3v) is 3.92. The highest BCUT2D eigenvalue weighted by molar-refractivity contribution is 7.92. The van der Waals surface area contributed by atoms with E-state index in [9.17, 15) is 8.42 Å².